The third-order valence-electron chi connectivity index (χ3n) is 2.34. The van der Waals surface area contributed by atoms with Crippen molar-refractivity contribution in [2.24, 2.45) is 0 Å². The predicted molar refractivity (Wildman–Crippen MR) is 68.2 cm³/mol. The van der Waals surface area contributed by atoms with Gasteiger partial charge in [-0.1, -0.05) is 11.6 Å². The molecule has 1 aromatic carbocycles. The van der Waals surface area contributed by atoms with Crippen LogP contribution < -0.4 is 10.6 Å². The molecule has 0 aliphatic carbocycles. The van der Waals surface area contributed by atoms with Gasteiger partial charge in [-0.3, -0.25) is 4.79 Å². The van der Waals surface area contributed by atoms with E-state index in [2.05, 4.69) is 10.6 Å². The van der Waals surface area contributed by atoms with E-state index < -0.39 is 0 Å². The van der Waals surface area contributed by atoms with Gasteiger partial charge in [0.05, 0.1) is 0 Å². The van der Waals surface area contributed by atoms with Crippen LogP contribution in [0.15, 0.2) is 12.1 Å². The van der Waals surface area contributed by atoms with Crippen LogP contribution in [-0.4, -0.2) is 24.1 Å². The molecule has 0 heterocycles. The number of nitrogens with one attached hydrogen (secondary N) is 2. The second kappa shape index (κ2) is 6.47. The van der Waals surface area contributed by atoms with E-state index in [1.54, 1.807) is 12.1 Å². The van der Waals surface area contributed by atoms with Gasteiger partial charge in [0.15, 0.2) is 0 Å². The maximum absolute atomic E-state index is 10.6. The molecule has 1 amide bonds. The Morgan fingerprint density at radius 2 is 2.12 bits per heavy atom. The van der Waals surface area contributed by atoms with Crippen LogP contribution in [0.25, 0.3) is 0 Å². The minimum atomic E-state index is -0.0479. The molecule has 0 spiro atoms. The Balaban J connectivity index is 2.44. The first-order chi connectivity index (χ1) is 8.00. The van der Waals surface area contributed by atoms with Crippen LogP contribution in [-0.2, 0) is 11.3 Å². The summed E-state index contributed by atoms with van der Waals surface area (Å²) in [6.45, 7) is 5.02. The Labute approximate surface area is 106 Å². The van der Waals surface area contributed by atoms with E-state index >= 15 is 0 Å². The SMILES string of the molecule is CC(=O)NCCNCc1cc(Cl)cc(C)c1O. The number of aryl methyl sites for hydroxylation is 1. The van der Waals surface area contributed by atoms with Gasteiger partial charge in [0, 0.05) is 37.1 Å². The number of carbonyl (C=O) groups excluding carboxylic acids is 1. The second-order valence-electron chi connectivity index (χ2n) is 3.89. The highest BCUT2D eigenvalue weighted by Gasteiger charge is 2.05. The van der Waals surface area contributed by atoms with Crippen LogP contribution in [0, 0.1) is 6.92 Å². The third kappa shape index (κ3) is 4.63. The number of benzene rings is 1. The molecule has 3 N–H and O–H groups in total. The first-order valence-electron chi connectivity index (χ1n) is 5.44. The molecule has 0 aliphatic rings. The number of amides is 1. The van der Waals surface area contributed by atoms with Crippen molar-refractivity contribution in [3.8, 4) is 5.75 Å². The zero-order chi connectivity index (χ0) is 12.8. The van der Waals surface area contributed by atoms with E-state index in [-0.39, 0.29) is 11.7 Å². The summed E-state index contributed by atoms with van der Waals surface area (Å²) in [5, 5.41) is 16.2. The van der Waals surface area contributed by atoms with Crippen molar-refractivity contribution >= 4 is 17.5 Å². The molecule has 0 atom stereocenters. The number of phenolic OH excluding ortho intramolecular Hbond substituents is 1. The Hall–Kier alpha value is -1.26. The number of carbonyl (C=O) groups is 1. The monoisotopic (exact) mass is 256 g/mol. The molecule has 17 heavy (non-hydrogen) atoms. The minimum absolute atomic E-state index is 0.0479. The molecule has 4 nitrogen and oxygen atoms in total. The van der Waals surface area contributed by atoms with Crippen LogP contribution in [0.3, 0.4) is 0 Å². The summed E-state index contributed by atoms with van der Waals surface area (Å²) < 4.78 is 0. The zero-order valence-electron chi connectivity index (χ0n) is 10.0. The molecular formula is C12H17ClN2O2. The fourth-order valence-electron chi connectivity index (χ4n) is 1.49. The zero-order valence-corrected chi connectivity index (χ0v) is 10.8. The van der Waals surface area contributed by atoms with Crippen LogP contribution >= 0.6 is 11.6 Å². The molecule has 0 radical (unpaired) electrons. The lowest BCUT2D eigenvalue weighted by Gasteiger charge is -2.09. The summed E-state index contributed by atoms with van der Waals surface area (Å²) >= 11 is 5.91. The van der Waals surface area contributed by atoms with Gasteiger partial charge in [-0.25, -0.2) is 0 Å². The Kier molecular flexibility index (Phi) is 5.25. The largest absolute Gasteiger partial charge is 0.507 e. The van der Waals surface area contributed by atoms with E-state index in [0.717, 1.165) is 11.1 Å². The van der Waals surface area contributed by atoms with Crippen molar-refractivity contribution in [1.82, 2.24) is 10.6 Å². The molecule has 0 aliphatic heterocycles. The Morgan fingerprint density at radius 3 is 2.76 bits per heavy atom. The number of halogens is 1. The van der Waals surface area contributed by atoms with Crippen molar-refractivity contribution in [1.29, 1.82) is 0 Å². The highest BCUT2D eigenvalue weighted by atomic mass is 35.5. The first-order valence-corrected chi connectivity index (χ1v) is 5.81. The van der Waals surface area contributed by atoms with Crippen molar-refractivity contribution in [2.75, 3.05) is 13.1 Å². The van der Waals surface area contributed by atoms with Crippen molar-refractivity contribution in [2.45, 2.75) is 20.4 Å². The average Bonchev–Trinajstić information content (AvgIpc) is 2.23. The van der Waals surface area contributed by atoms with E-state index in [1.165, 1.54) is 6.92 Å². The normalized spacial score (nSPS) is 10.3. The number of phenols is 1. The molecule has 5 heteroatoms. The summed E-state index contributed by atoms with van der Waals surface area (Å²) in [5.74, 6) is 0.217. The van der Waals surface area contributed by atoms with Crippen LogP contribution in [0.1, 0.15) is 18.1 Å². The van der Waals surface area contributed by atoms with Gasteiger partial charge in [-0.15, -0.1) is 0 Å². The lowest BCUT2D eigenvalue weighted by molar-refractivity contribution is -0.118. The molecule has 0 aromatic heterocycles. The average molecular weight is 257 g/mol. The predicted octanol–water partition coefficient (Wildman–Crippen LogP) is 1.58. The highest BCUT2D eigenvalue weighted by molar-refractivity contribution is 6.30. The molecule has 1 rings (SSSR count). The summed E-state index contributed by atoms with van der Waals surface area (Å²) in [4.78, 5) is 10.6. The maximum atomic E-state index is 10.6. The van der Waals surface area contributed by atoms with E-state index in [0.29, 0.717) is 24.7 Å². The van der Waals surface area contributed by atoms with Gasteiger partial charge in [0.1, 0.15) is 5.75 Å². The number of rotatable bonds is 5. The van der Waals surface area contributed by atoms with Crippen LogP contribution in [0.2, 0.25) is 5.02 Å². The lowest BCUT2D eigenvalue weighted by Crippen LogP contribution is -2.29. The molecule has 1 aromatic rings. The maximum Gasteiger partial charge on any atom is 0.216 e. The second-order valence-corrected chi connectivity index (χ2v) is 4.33. The molecule has 0 fully saturated rings. The molecule has 94 valence electrons. The van der Waals surface area contributed by atoms with Crippen molar-refractivity contribution < 1.29 is 9.90 Å². The molecule has 0 bridgehead atoms. The fourth-order valence-corrected chi connectivity index (χ4v) is 1.79. The number of hydrogen-bond acceptors (Lipinski definition) is 3. The Bertz CT molecular complexity index is 408. The molecular weight excluding hydrogens is 240 g/mol. The summed E-state index contributed by atoms with van der Waals surface area (Å²) in [6, 6.07) is 3.45. The topological polar surface area (TPSA) is 61.4 Å². The fraction of sp³-hybridized carbons (Fsp3) is 0.417. The molecule has 0 unspecified atom stereocenters. The summed E-state index contributed by atoms with van der Waals surface area (Å²) in [6.07, 6.45) is 0. The van der Waals surface area contributed by atoms with Gasteiger partial charge < -0.3 is 15.7 Å². The smallest absolute Gasteiger partial charge is 0.216 e. The van der Waals surface area contributed by atoms with Gasteiger partial charge >= 0.3 is 0 Å². The van der Waals surface area contributed by atoms with Gasteiger partial charge in [-0.2, -0.15) is 0 Å². The van der Waals surface area contributed by atoms with Crippen molar-refractivity contribution in [3.63, 3.8) is 0 Å². The quantitative estimate of drug-likeness (QED) is 0.701. The van der Waals surface area contributed by atoms with Crippen LogP contribution in [0.5, 0.6) is 5.75 Å². The highest BCUT2D eigenvalue weighted by Crippen LogP contribution is 2.26. The Morgan fingerprint density at radius 1 is 1.41 bits per heavy atom. The number of aromatic hydroxyl groups is 1. The van der Waals surface area contributed by atoms with Gasteiger partial charge in [0.2, 0.25) is 5.91 Å². The van der Waals surface area contributed by atoms with Gasteiger partial charge in [-0.05, 0) is 24.6 Å². The molecule has 0 saturated carbocycles. The lowest BCUT2D eigenvalue weighted by atomic mass is 10.1. The van der Waals surface area contributed by atoms with E-state index in [4.69, 9.17) is 11.6 Å². The summed E-state index contributed by atoms with van der Waals surface area (Å²) in [5.41, 5.74) is 1.52. The summed E-state index contributed by atoms with van der Waals surface area (Å²) in [7, 11) is 0. The van der Waals surface area contributed by atoms with Crippen LogP contribution in [0.4, 0.5) is 0 Å². The number of hydrogen-bond donors (Lipinski definition) is 3. The first kappa shape index (κ1) is 13.8. The van der Waals surface area contributed by atoms with Gasteiger partial charge in [0.25, 0.3) is 0 Å². The van der Waals surface area contributed by atoms with E-state index in [1.807, 2.05) is 6.92 Å². The van der Waals surface area contributed by atoms with E-state index in [9.17, 15) is 9.90 Å². The minimum Gasteiger partial charge on any atom is -0.507 e. The third-order valence-corrected chi connectivity index (χ3v) is 2.55. The molecule has 0 saturated heterocycles. The van der Waals surface area contributed by atoms with Crippen molar-refractivity contribution in [3.05, 3.63) is 28.3 Å². The standard InChI is InChI=1S/C12H17ClN2O2/c1-8-5-11(13)6-10(12(8)17)7-14-3-4-15-9(2)16/h5-6,14,17H,3-4,7H2,1-2H3,(H,15,16).